The van der Waals surface area contributed by atoms with Crippen molar-refractivity contribution in [2.24, 2.45) is 0 Å². The van der Waals surface area contributed by atoms with E-state index in [1.54, 1.807) is 0 Å². The van der Waals surface area contributed by atoms with Crippen molar-refractivity contribution in [2.45, 2.75) is 79.1 Å². The van der Waals surface area contributed by atoms with Crippen molar-refractivity contribution in [3.63, 3.8) is 0 Å². The van der Waals surface area contributed by atoms with Gasteiger partial charge >= 0.3 is 256 Å². The third-order valence-corrected chi connectivity index (χ3v) is 26.5. The number of rotatable bonds is 4. The van der Waals surface area contributed by atoms with Gasteiger partial charge in [0.1, 0.15) is 0 Å². The predicted octanol–water partition coefficient (Wildman–Crippen LogP) is 9.55. The van der Waals surface area contributed by atoms with Crippen molar-refractivity contribution >= 4 is 38.8 Å². The van der Waals surface area contributed by atoms with Gasteiger partial charge in [0, 0.05) is 0 Å². The third kappa shape index (κ3) is 5.32. The van der Waals surface area contributed by atoms with Gasteiger partial charge in [0.05, 0.1) is 0 Å². The SMILES string of the molecule is Cl.Cl.[CH2]=[Zr]([C]1=CC=CC1)([c]1ccc(C)cc1)([c]1ccc(C)cc1)[c]1cc(C(C)(C)C)cc2c1Cc1ccc(C(C)(C)C)cc1-2. The second kappa shape index (κ2) is 11.8. The summed E-state index contributed by atoms with van der Waals surface area (Å²) in [5.74, 6) is 0. The van der Waals surface area contributed by atoms with Gasteiger partial charge in [-0.1, -0.05) is 0 Å². The number of halogens is 2. The van der Waals surface area contributed by atoms with Gasteiger partial charge in [-0.15, -0.1) is 24.8 Å². The monoisotopic (exact) mass is 700 g/mol. The molecule has 230 valence electrons. The Bertz CT molecular complexity index is 1790. The van der Waals surface area contributed by atoms with Crippen molar-refractivity contribution in [3.8, 4) is 11.1 Å². The fourth-order valence-corrected chi connectivity index (χ4v) is 22.7. The Hall–Kier alpha value is -2.31. The first-order chi connectivity index (χ1) is 19.7. The molecule has 0 N–H and O–H groups in total. The van der Waals surface area contributed by atoms with E-state index in [9.17, 15) is 0 Å². The van der Waals surface area contributed by atoms with Gasteiger partial charge < -0.3 is 0 Å². The van der Waals surface area contributed by atoms with Crippen molar-refractivity contribution < 1.29 is 18.3 Å². The molecule has 0 bridgehead atoms. The van der Waals surface area contributed by atoms with Gasteiger partial charge in [-0.25, -0.2) is 0 Å². The Morgan fingerprint density at radius 1 is 0.636 bits per heavy atom. The van der Waals surface area contributed by atoms with E-state index < -0.39 is 18.3 Å². The van der Waals surface area contributed by atoms with Gasteiger partial charge in [0.15, 0.2) is 0 Å². The van der Waals surface area contributed by atoms with E-state index in [0.29, 0.717) is 0 Å². The van der Waals surface area contributed by atoms with Crippen LogP contribution in [0.1, 0.15) is 81.3 Å². The third-order valence-electron chi connectivity index (χ3n) is 10.2. The molecule has 0 aliphatic heterocycles. The number of hydrogen-bond acceptors (Lipinski definition) is 0. The summed E-state index contributed by atoms with van der Waals surface area (Å²) in [6.07, 6.45) is 8.97. The fourth-order valence-electron chi connectivity index (χ4n) is 7.39. The topological polar surface area (TPSA) is 0 Å². The van der Waals surface area contributed by atoms with Crippen LogP contribution >= 0.6 is 24.8 Å². The van der Waals surface area contributed by atoms with Crippen LogP contribution in [0, 0.1) is 13.8 Å². The van der Waals surface area contributed by atoms with E-state index in [1.165, 1.54) is 57.6 Å². The number of hydrogen-bond donors (Lipinski definition) is 0. The maximum atomic E-state index is 5.67. The summed E-state index contributed by atoms with van der Waals surface area (Å²) in [7, 11) is 0. The first-order valence-electron chi connectivity index (χ1n) is 15.6. The normalized spacial score (nSPS) is 14.3. The van der Waals surface area contributed by atoms with Crippen LogP contribution in [-0.2, 0) is 35.5 Å². The molecular formula is C41H48Cl2Zr. The Morgan fingerprint density at radius 2 is 1.16 bits per heavy atom. The van der Waals surface area contributed by atoms with Crippen LogP contribution in [0.3, 0.4) is 0 Å². The average Bonchev–Trinajstić information content (AvgIpc) is 3.61. The second-order valence-corrected chi connectivity index (χ2v) is 28.0. The van der Waals surface area contributed by atoms with E-state index >= 15 is 0 Å². The average molecular weight is 703 g/mol. The molecule has 0 fully saturated rings. The van der Waals surface area contributed by atoms with Crippen LogP contribution < -0.4 is 9.81 Å². The van der Waals surface area contributed by atoms with Crippen LogP contribution in [0.2, 0.25) is 0 Å². The maximum absolute atomic E-state index is 5.67. The zero-order valence-corrected chi connectivity index (χ0v) is 31.8. The number of allylic oxidation sites excluding steroid dienone is 4. The summed E-state index contributed by atoms with van der Waals surface area (Å²) in [5.41, 5.74) is 11.3. The molecule has 4 aromatic rings. The van der Waals surface area contributed by atoms with Crippen LogP contribution in [0.25, 0.3) is 11.1 Å². The molecule has 3 heteroatoms. The molecule has 44 heavy (non-hydrogen) atoms. The standard InChI is InChI=1S/C21H25.2C7H7.C5H5.CH2.2ClH.Zr/c1-20(2,3)16-9-7-14-11-15-8-10-17(21(4,5)6)13-19(15)18(14)12-16;2*1-7-5-3-2-4-6-7;1-2-4-5-3-1;;;;/h7,9-10,12-13H,11H2,1-6H3;2*3-6H,1H3;1-3H,4H2;1H2;2*1H;. The Labute approximate surface area is 279 Å². The molecule has 0 aromatic heterocycles. The molecule has 2 aliphatic carbocycles. The van der Waals surface area contributed by atoms with Crippen molar-refractivity contribution in [1.29, 1.82) is 0 Å². The Morgan fingerprint density at radius 3 is 1.64 bits per heavy atom. The van der Waals surface area contributed by atoms with E-state index in [2.05, 4.69) is 152 Å². The summed E-state index contributed by atoms with van der Waals surface area (Å²) in [6, 6.07) is 31.3. The second-order valence-electron chi connectivity index (χ2n) is 15.1. The minimum atomic E-state index is -4.72. The van der Waals surface area contributed by atoms with Crippen molar-refractivity contribution in [2.75, 3.05) is 0 Å². The molecule has 2 aliphatic rings. The molecule has 0 saturated carbocycles. The molecular weight excluding hydrogens is 655 g/mol. The van der Waals surface area contributed by atoms with Gasteiger partial charge in [-0.2, -0.15) is 0 Å². The van der Waals surface area contributed by atoms with Gasteiger partial charge in [0.2, 0.25) is 0 Å². The van der Waals surface area contributed by atoms with Crippen LogP contribution in [0.4, 0.5) is 0 Å². The van der Waals surface area contributed by atoms with Gasteiger partial charge in [-0.3, -0.25) is 0 Å². The van der Waals surface area contributed by atoms with Crippen LogP contribution in [0.15, 0.2) is 100 Å². The van der Waals surface area contributed by atoms with Crippen LogP contribution in [-0.4, -0.2) is 4.21 Å². The molecule has 4 aromatic carbocycles. The van der Waals surface area contributed by atoms with Crippen molar-refractivity contribution in [3.05, 3.63) is 134 Å². The van der Waals surface area contributed by atoms with E-state index in [1.807, 2.05) is 0 Å². The summed E-state index contributed by atoms with van der Waals surface area (Å²) in [6.45, 7) is 18.4. The Balaban J connectivity index is 0.00000221. The van der Waals surface area contributed by atoms with E-state index in [0.717, 1.165) is 12.8 Å². The molecule has 0 heterocycles. The number of benzene rings is 4. The first-order valence-corrected chi connectivity index (χ1v) is 22.2. The van der Waals surface area contributed by atoms with Gasteiger partial charge in [-0.05, 0) is 0 Å². The predicted molar refractivity (Wildman–Crippen MR) is 197 cm³/mol. The number of fused-ring (bicyclic) bond motifs is 3. The van der Waals surface area contributed by atoms with Crippen molar-refractivity contribution in [1.82, 2.24) is 0 Å². The molecule has 0 unspecified atom stereocenters. The Kier molecular flexibility index (Phi) is 9.27. The molecule has 0 spiro atoms. The zero-order chi connectivity index (χ0) is 30.1. The minimum absolute atomic E-state index is 0. The molecule has 0 radical (unpaired) electrons. The first kappa shape index (κ1) is 34.6. The summed E-state index contributed by atoms with van der Waals surface area (Å²) in [5, 5.41) is 0. The fraction of sp³-hybridized carbons (Fsp3) is 0.293. The summed E-state index contributed by atoms with van der Waals surface area (Å²) >= 11 is -4.72. The molecule has 0 nitrogen and oxygen atoms in total. The molecule has 6 rings (SSSR count). The summed E-state index contributed by atoms with van der Waals surface area (Å²) in [4.78, 5) is 0. The van der Waals surface area contributed by atoms with E-state index in [-0.39, 0.29) is 35.6 Å². The quantitative estimate of drug-likeness (QED) is 0.175. The molecule has 0 saturated heterocycles. The van der Waals surface area contributed by atoms with Gasteiger partial charge in [0.25, 0.3) is 0 Å². The van der Waals surface area contributed by atoms with Crippen LogP contribution in [0.5, 0.6) is 0 Å². The summed E-state index contributed by atoms with van der Waals surface area (Å²) < 4.78 is 11.6. The molecule has 0 atom stereocenters. The number of aryl methyl sites for hydroxylation is 2. The zero-order valence-electron chi connectivity index (χ0n) is 27.7. The van der Waals surface area contributed by atoms with E-state index in [4.69, 9.17) is 4.21 Å². The molecule has 0 amide bonds.